The molecular formula is C19H19N3O2. The lowest BCUT2D eigenvalue weighted by Gasteiger charge is -2.09. The molecule has 0 saturated carbocycles. The predicted molar refractivity (Wildman–Crippen MR) is 92.0 cm³/mol. The van der Waals surface area contributed by atoms with Gasteiger partial charge in [0.1, 0.15) is 0 Å². The normalized spacial score (nSPS) is 13.2. The van der Waals surface area contributed by atoms with Crippen LogP contribution in [0.25, 0.3) is 22.1 Å². The molecular weight excluding hydrogens is 302 g/mol. The summed E-state index contributed by atoms with van der Waals surface area (Å²) in [6.45, 7) is 6.41. The maximum atomic E-state index is 5.41. The molecule has 0 saturated heterocycles. The van der Waals surface area contributed by atoms with E-state index in [0.29, 0.717) is 11.6 Å². The Bertz CT molecular complexity index is 1000. The molecule has 1 unspecified atom stereocenters. The highest BCUT2D eigenvalue weighted by Crippen LogP contribution is 2.29. The molecule has 4 rings (SSSR count). The second-order valence-electron chi connectivity index (χ2n) is 6.58. The molecule has 0 aliphatic carbocycles. The van der Waals surface area contributed by atoms with Crippen LogP contribution in [0.5, 0.6) is 0 Å². The summed E-state index contributed by atoms with van der Waals surface area (Å²) < 4.78 is 10.7. The van der Waals surface area contributed by atoms with E-state index in [1.165, 1.54) is 5.56 Å². The molecule has 1 atom stereocenters. The van der Waals surface area contributed by atoms with E-state index in [4.69, 9.17) is 9.05 Å². The van der Waals surface area contributed by atoms with Crippen LogP contribution in [0.2, 0.25) is 0 Å². The van der Waals surface area contributed by atoms with Crippen molar-refractivity contribution in [1.29, 1.82) is 0 Å². The lowest BCUT2D eigenvalue weighted by molar-refractivity contribution is 0.432. The minimum Gasteiger partial charge on any atom is -0.356 e. The molecule has 0 radical (unpaired) electrons. The molecule has 122 valence electrons. The van der Waals surface area contributed by atoms with Crippen LogP contribution in [0.15, 0.2) is 45.6 Å². The molecule has 0 aliphatic rings. The van der Waals surface area contributed by atoms with E-state index in [1.807, 2.05) is 18.2 Å². The third kappa shape index (κ3) is 2.46. The Labute approximate surface area is 139 Å². The van der Waals surface area contributed by atoms with Gasteiger partial charge in [0.05, 0.1) is 16.8 Å². The molecule has 0 bridgehead atoms. The van der Waals surface area contributed by atoms with Crippen LogP contribution < -0.4 is 0 Å². The molecule has 0 amide bonds. The summed E-state index contributed by atoms with van der Waals surface area (Å²) in [6, 6.07) is 10.2. The maximum Gasteiger partial charge on any atom is 0.257 e. The van der Waals surface area contributed by atoms with E-state index in [2.05, 4.69) is 48.2 Å². The summed E-state index contributed by atoms with van der Waals surface area (Å²) in [5, 5.41) is 10.5. The molecule has 4 aromatic rings. The lowest BCUT2D eigenvalue weighted by Crippen LogP contribution is -1.99. The second-order valence-corrected chi connectivity index (χ2v) is 6.58. The number of hydrogen-bond acceptors (Lipinski definition) is 5. The molecule has 0 fully saturated rings. The monoisotopic (exact) mass is 321 g/mol. The topological polar surface area (TPSA) is 65.0 Å². The van der Waals surface area contributed by atoms with Crippen molar-refractivity contribution >= 4 is 22.1 Å². The van der Waals surface area contributed by atoms with Gasteiger partial charge in [0.2, 0.25) is 0 Å². The smallest absolute Gasteiger partial charge is 0.257 e. The van der Waals surface area contributed by atoms with Crippen molar-refractivity contribution in [3.05, 3.63) is 53.5 Å². The van der Waals surface area contributed by atoms with Crippen LogP contribution >= 0.6 is 0 Å². The largest absolute Gasteiger partial charge is 0.356 e. The van der Waals surface area contributed by atoms with E-state index in [1.54, 1.807) is 6.20 Å². The Morgan fingerprint density at radius 1 is 0.958 bits per heavy atom. The van der Waals surface area contributed by atoms with Crippen molar-refractivity contribution < 1.29 is 9.05 Å². The third-order valence-electron chi connectivity index (χ3n) is 4.40. The maximum absolute atomic E-state index is 5.41. The van der Waals surface area contributed by atoms with E-state index in [9.17, 15) is 0 Å². The van der Waals surface area contributed by atoms with Crippen LogP contribution in [0.4, 0.5) is 0 Å². The predicted octanol–water partition coefficient (Wildman–Crippen LogP) is 4.83. The molecule has 1 aromatic carbocycles. The van der Waals surface area contributed by atoms with E-state index >= 15 is 0 Å². The van der Waals surface area contributed by atoms with Gasteiger partial charge in [0.15, 0.2) is 5.58 Å². The minimum atomic E-state index is 0.232. The Kier molecular flexibility index (Phi) is 3.56. The summed E-state index contributed by atoms with van der Waals surface area (Å²) in [5.41, 5.74) is 4.63. The van der Waals surface area contributed by atoms with Gasteiger partial charge < -0.3 is 9.05 Å². The van der Waals surface area contributed by atoms with Gasteiger partial charge in [-0.05, 0) is 42.2 Å². The van der Waals surface area contributed by atoms with Crippen molar-refractivity contribution in [1.82, 2.24) is 15.3 Å². The molecule has 0 aliphatic heterocycles. The molecule has 5 heteroatoms. The van der Waals surface area contributed by atoms with Gasteiger partial charge >= 0.3 is 0 Å². The zero-order valence-electron chi connectivity index (χ0n) is 14.0. The number of rotatable bonds is 4. The minimum absolute atomic E-state index is 0.232. The molecule has 3 aromatic heterocycles. The van der Waals surface area contributed by atoms with Crippen LogP contribution in [-0.2, 0) is 6.42 Å². The zero-order chi connectivity index (χ0) is 16.7. The standard InChI is InChI=1S/C19H19N3O2/c1-11(2)17-15-10-13(6-7-16(15)23-21-17)9-12(3)18-14-5-4-8-20-19(14)24-22-18/h4-8,10-12H,9H2,1-3H3. The number of fused-ring (bicyclic) bond motifs is 2. The fourth-order valence-corrected chi connectivity index (χ4v) is 3.15. The van der Waals surface area contributed by atoms with Gasteiger partial charge in [-0.1, -0.05) is 37.2 Å². The van der Waals surface area contributed by atoms with Gasteiger partial charge in [-0.25, -0.2) is 4.98 Å². The summed E-state index contributed by atoms with van der Waals surface area (Å²) in [4.78, 5) is 4.21. The van der Waals surface area contributed by atoms with Crippen LogP contribution in [0.1, 0.15) is 49.6 Å². The van der Waals surface area contributed by atoms with Gasteiger partial charge in [-0.2, -0.15) is 0 Å². The zero-order valence-corrected chi connectivity index (χ0v) is 14.0. The first kappa shape index (κ1) is 14.9. The average Bonchev–Trinajstić information content (AvgIpc) is 3.18. The molecule has 0 spiro atoms. The Morgan fingerprint density at radius 3 is 2.62 bits per heavy atom. The van der Waals surface area contributed by atoms with Gasteiger partial charge in [-0.15, -0.1) is 0 Å². The van der Waals surface area contributed by atoms with E-state index in [-0.39, 0.29) is 5.92 Å². The Morgan fingerprint density at radius 2 is 1.79 bits per heavy atom. The van der Waals surface area contributed by atoms with Crippen LogP contribution in [0.3, 0.4) is 0 Å². The number of hydrogen-bond donors (Lipinski definition) is 0. The molecule has 5 nitrogen and oxygen atoms in total. The van der Waals surface area contributed by atoms with E-state index < -0.39 is 0 Å². The van der Waals surface area contributed by atoms with Crippen LogP contribution in [0, 0.1) is 0 Å². The molecule has 24 heavy (non-hydrogen) atoms. The highest BCUT2D eigenvalue weighted by molar-refractivity contribution is 5.81. The fourth-order valence-electron chi connectivity index (χ4n) is 3.15. The number of nitrogens with zero attached hydrogens (tertiary/aromatic N) is 3. The average molecular weight is 321 g/mol. The fraction of sp³-hybridized carbons (Fsp3) is 0.316. The van der Waals surface area contributed by atoms with Crippen LogP contribution in [-0.4, -0.2) is 15.3 Å². The number of pyridine rings is 1. The number of benzene rings is 1. The quantitative estimate of drug-likeness (QED) is 0.538. The summed E-state index contributed by atoms with van der Waals surface area (Å²) in [6.07, 6.45) is 2.59. The van der Waals surface area contributed by atoms with Gasteiger partial charge in [0.25, 0.3) is 5.71 Å². The Hall–Kier alpha value is -2.69. The summed E-state index contributed by atoms with van der Waals surface area (Å²) in [5.74, 6) is 0.569. The third-order valence-corrected chi connectivity index (χ3v) is 4.40. The second kappa shape index (κ2) is 5.74. The highest BCUT2D eigenvalue weighted by atomic mass is 16.5. The first-order valence-electron chi connectivity index (χ1n) is 8.22. The first-order valence-corrected chi connectivity index (χ1v) is 8.22. The Balaban J connectivity index is 1.67. The van der Waals surface area contributed by atoms with Crippen molar-refractivity contribution in [2.45, 2.75) is 39.0 Å². The lowest BCUT2D eigenvalue weighted by atomic mass is 9.95. The SMILES string of the molecule is CC(C)c1noc2ccc(CC(C)c3noc4ncccc34)cc12. The summed E-state index contributed by atoms with van der Waals surface area (Å²) in [7, 11) is 0. The van der Waals surface area contributed by atoms with Crippen molar-refractivity contribution in [2.24, 2.45) is 0 Å². The molecule has 0 N–H and O–H groups in total. The highest BCUT2D eigenvalue weighted by Gasteiger charge is 2.17. The van der Waals surface area contributed by atoms with Crippen molar-refractivity contribution in [2.75, 3.05) is 0 Å². The van der Waals surface area contributed by atoms with E-state index in [0.717, 1.165) is 34.2 Å². The molecule has 3 heterocycles. The van der Waals surface area contributed by atoms with Gasteiger partial charge in [0, 0.05) is 17.5 Å². The van der Waals surface area contributed by atoms with Gasteiger partial charge in [-0.3, -0.25) is 0 Å². The first-order chi connectivity index (χ1) is 11.6. The van der Waals surface area contributed by atoms with Crippen molar-refractivity contribution in [3.63, 3.8) is 0 Å². The summed E-state index contributed by atoms with van der Waals surface area (Å²) >= 11 is 0. The van der Waals surface area contributed by atoms with Crippen molar-refractivity contribution in [3.8, 4) is 0 Å². The number of aromatic nitrogens is 3.